The molecule has 0 amide bonds. The molecule has 0 aliphatic rings. The first-order chi connectivity index (χ1) is 7.71. The lowest BCUT2D eigenvalue weighted by Gasteiger charge is -2.12. The van der Waals surface area contributed by atoms with Crippen molar-refractivity contribution in [1.82, 2.24) is 0 Å². The summed E-state index contributed by atoms with van der Waals surface area (Å²) in [5, 5.41) is 0. The molecule has 0 saturated heterocycles. The maximum Gasteiger partial charge on any atom is 0.144 e. The van der Waals surface area contributed by atoms with Crippen LogP contribution in [0.2, 0.25) is 0 Å². The SMILES string of the molecule is CC(C)(C)S(=O)/N=C/c1c(F)cc(F)cc1Br. The molecule has 0 spiro atoms. The van der Waals surface area contributed by atoms with E-state index in [1.807, 2.05) is 0 Å². The number of halogens is 3. The van der Waals surface area contributed by atoms with Crippen molar-refractivity contribution in [2.45, 2.75) is 25.5 Å². The van der Waals surface area contributed by atoms with Gasteiger partial charge in [-0.2, -0.15) is 4.40 Å². The Hall–Kier alpha value is -0.620. The van der Waals surface area contributed by atoms with Crippen LogP contribution in [0.3, 0.4) is 0 Å². The van der Waals surface area contributed by atoms with E-state index in [0.717, 1.165) is 18.3 Å². The van der Waals surface area contributed by atoms with Crippen LogP contribution in [-0.2, 0) is 11.0 Å². The molecule has 2 nitrogen and oxygen atoms in total. The first kappa shape index (κ1) is 14.4. The molecule has 0 bridgehead atoms. The highest BCUT2D eigenvalue weighted by atomic mass is 79.9. The highest BCUT2D eigenvalue weighted by molar-refractivity contribution is 9.10. The summed E-state index contributed by atoms with van der Waals surface area (Å²) in [5.74, 6) is -1.42. The fraction of sp³-hybridized carbons (Fsp3) is 0.364. The summed E-state index contributed by atoms with van der Waals surface area (Å²) in [7, 11) is -1.47. The van der Waals surface area contributed by atoms with Crippen LogP contribution in [0, 0.1) is 11.6 Å². The van der Waals surface area contributed by atoms with Gasteiger partial charge in [0, 0.05) is 22.3 Å². The summed E-state index contributed by atoms with van der Waals surface area (Å²) in [5.41, 5.74) is 0.0870. The molecule has 1 aromatic carbocycles. The highest BCUT2D eigenvalue weighted by Gasteiger charge is 2.18. The van der Waals surface area contributed by atoms with Crippen molar-refractivity contribution in [2.75, 3.05) is 0 Å². The number of hydrogen-bond acceptors (Lipinski definition) is 1. The third kappa shape index (κ3) is 3.96. The van der Waals surface area contributed by atoms with Gasteiger partial charge in [0.05, 0.1) is 4.75 Å². The van der Waals surface area contributed by atoms with Crippen molar-refractivity contribution in [3.8, 4) is 0 Å². The summed E-state index contributed by atoms with van der Waals surface area (Å²) >= 11 is 3.03. The topological polar surface area (TPSA) is 29.4 Å². The van der Waals surface area contributed by atoms with Gasteiger partial charge in [0.15, 0.2) is 0 Å². The van der Waals surface area contributed by atoms with E-state index >= 15 is 0 Å². The van der Waals surface area contributed by atoms with E-state index in [1.165, 1.54) is 0 Å². The van der Waals surface area contributed by atoms with Gasteiger partial charge < -0.3 is 0 Å². The fourth-order valence-corrected chi connectivity index (χ4v) is 1.96. The summed E-state index contributed by atoms with van der Waals surface area (Å²) in [6.45, 7) is 5.28. The van der Waals surface area contributed by atoms with Crippen LogP contribution in [0.5, 0.6) is 0 Å². The van der Waals surface area contributed by atoms with Crippen LogP contribution >= 0.6 is 15.9 Å². The summed E-state index contributed by atoms with van der Waals surface area (Å²) in [4.78, 5) is 0. The molecule has 17 heavy (non-hydrogen) atoms. The maximum absolute atomic E-state index is 13.4. The Morgan fingerprint density at radius 1 is 1.35 bits per heavy atom. The lowest BCUT2D eigenvalue weighted by molar-refractivity contribution is 0.580. The molecule has 0 fully saturated rings. The van der Waals surface area contributed by atoms with Crippen molar-refractivity contribution in [3.63, 3.8) is 0 Å². The molecule has 0 N–H and O–H groups in total. The van der Waals surface area contributed by atoms with Crippen LogP contribution in [0.15, 0.2) is 21.0 Å². The number of rotatable bonds is 2. The zero-order valence-corrected chi connectivity index (χ0v) is 12.0. The first-order valence-corrected chi connectivity index (χ1v) is 6.72. The second kappa shape index (κ2) is 5.35. The zero-order chi connectivity index (χ0) is 13.2. The Labute approximate surface area is 110 Å². The van der Waals surface area contributed by atoms with Crippen LogP contribution < -0.4 is 0 Å². The summed E-state index contributed by atoms with van der Waals surface area (Å²) in [6, 6.07) is 1.89. The monoisotopic (exact) mass is 323 g/mol. The predicted octanol–water partition coefficient (Wildman–Crippen LogP) is 3.61. The Balaban J connectivity index is 3.05. The maximum atomic E-state index is 13.4. The van der Waals surface area contributed by atoms with Gasteiger partial charge in [0.1, 0.15) is 22.6 Å². The Morgan fingerprint density at radius 2 is 1.94 bits per heavy atom. The fourth-order valence-electron chi connectivity index (χ4n) is 0.935. The molecule has 0 aromatic heterocycles. The third-order valence-corrected chi connectivity index (χ3v) is 3.85. The minimum absolute atomic E-state index is 0.0870. The molecule has 0 aliphatic carbocycles. The van der Waals surface area contributed by atoms with Crippen LogP contribution in [0.1, 0.15) is 26.3 Å². The molecule has 0 heterocycles. The van der Waals surface area contributed by atoms with Crippen molar-refractivity contribution >= 4 is 33.1 Å². The number of nitrogens with zero attached hydrogens (tertiary/aromatic N) is 1. The summed E-state index contributed by atoms with van der Waals surface area (Å²) in [6.07, 6.45) is 1.15. The first-order valence-electron chi connectivity index (χ1n) is 4.82. The van der Waals surface area contributed by atoms with E-state index in [9.17, 15) is 13.0 Å². The van der Waals surface area contributed by atoms with Crippen molar-refractivity contribution in [2.24, 2.45) is 4.40 Å². The summed E-state index contributed by atoms with van der Waals surface area (Å²) < 4.78 is 41.3. The van der Waals surface area contributed by atoms with E-state index in [1.54, 1.807) is 20.8 Å². The van der Waals surface area contributed by atoms with Gasteiger partial charge in [-0.3, -0.25) is 0 Å². The van der Waals surface area contributed by atoms with Crippen molar-refractivity contribution in [1.29, 1.82) is 0 Å². The Morgan fingerprint density at radius 3 is 2.41 bits per heavy atom. The van der Waals surface area contributed by atoms with Crippen molar-refractivity contribution < 1.29 is 13.0 Å². The molecule has 0 radical (unpaired) electrons. The smallest absolute Gasteiger partial charge is 0.144 e. The molecule has 0 saturated carbocycles. The molecular formula is C11H12BrF2NOS. The second-order valence-corrected chi connectivity index (χ2v) is 7.17. The third-order valence-electron chi connectivity index (χ3n) is 1.85. The van der Waals surface area contributed by atoms with Gasteiger partial charge in [-0.15, -0.1) is 0 Å². The average molecular weight is 324 g/mol. The molecule has 1 atom stereocenters. The minimum Gasteiger partial charge on any atom is -0.234 e. The van der Waals surface area contributed by atoms with Crippen LogP contribution in [-0.4, -0.2) is 15.2 Å². The van der Waals surface area contributed by atoms with E-state index in [-0.39, 0.29) is 10.0 Å². The van der Waals surface area contributed by atoms with Gasteiger partial charge >= 0.3 is 0 Å². The highest BCUT2D eigenvalue weighted by Crippen LogP contribution is 2.20. The quantitative estimate of drug-likeness (QED) is 0.764. The van der Waals surface area contributed by atoms with E-state index in [4.69, 9.17) is 0 Å². The number of hydrogen-bond donors (Lipinski definition) is 0. The van der Waals surface area contributed by atoms with E-state index in [2.05, 4.69) is 20.3 Å². The number of benzene rings is 1. The minimum atomic E-state index is -1.47. The molecule has 1 rings (SSSR count). The molecule has 0 aliphatic heterocycles. The lowest BCUT2D eigenvalue weighted by Crippen LogP contribution is -2.19. The molecular weight excluding hydrogens is 312 g/mol. The predicted molar refractivity (Wildman–Crippen MR) is 69.5 cm³/mol. The second-order valence-electron chi connectivity index (χ2n) is 4.38. The van der Waals surface area contributed by atoms with E-state index < -0.39 is 27.4 Å². The molecule has 1 unspecified atom stereocenters. The standard InChI is InChI=1S/C11H12BrF2NOS/c1-11(2,3)17(16)15-6-8-9(12)4-7(13)5-10(8)14/h4-6H,1-3H3/b15-6+. The molecule has 1 aromatic rings. The molecule has 94 valence electrons. The van der Waals surface area contributed by atoms with Crippen LogP contribution in [0.25, 0.3) is 0 Å². The molecule has 6 heteroatoms. The van der Waals surface area contributed by atoms with Crippen LogP contribution in [0.4, 0.5) is 8.78 Å². The Kier molecular flexibility index (Phi) is 4.55. The van der Waals surface area contributed by atoms with Gasteiger partial charge in [-0.25, -0.2) is 13.0 Å². The van der Waals surface area contributed by atoms with Gasteiger partial charge in [0.2, 0.25) is 0 Å². The normalized spacial score (nSPS) is 14.2. The van der Waals surface area contributed by atoms with Crippen molar-refractivity contribution in [3.05, 3.63) is 33.8 Å². The lowest BCUT2D eigenvalue weighted by atomic mass is 10.2. The van der Waals surface area contributed by atoms with Gasteiger partial charge in [-0.05, 0) is 42.8 Å². The van der Waals surface area contributed by atoms with Gasteiger partial charge in [-0.1, -0.05) is 0 Å². The Bertz CT molecular complexity index is 460. The van der Waals surface area contributed by atoms with E-state index in [0.29, 0.717) is 0 Å². The zero-order valence-electron chi connectivity index (χ0n) is 9.63. The average Bonchev–Trinajstić information content (AvgIpc) is 2.13. The largest absolute Gasteiger partial charge is 0.234 e. The van der Waals surface area contributed by atoms with Gasteiger partial charge in [0.25, 0.3) is 0 Å².